The van der Waals surface area contributed by atoms with Crippen LogP contribution < -0.4 is 0 Å². The predicted molar refractivity (Wildman–Crippen MR) is 62.8 cm³/mol. The van der Waals surface area contributed by atoms with Crippen LogP contribution >= 0.6 is 0 Å². The van der Waals surface area contributed by atoms with Gasteiger partial charge in [-0.25, -0.2) is 0 Å². The summed E-state index contributed by atoms with van der Waals surface area (Å²) in [4.78, 5) is 0. The minimum absolute atomic E-state index is 0.107. The van der Waals surface area contributed by atoms with Crippen LogP contribution in [0.25, 0.3) is 10.8 Å². The Morgan fingerprint density at radius 2 is 1.80 bits per heavy atom. The lowest BCUT2D eigenvalue weighted by molar-refractivity contribution is 0.382. The van der Waals surface area contributed by atoms with Crippen LogP contribution in [-0.4, -0.2) is 6.67 Å². The minimum atomic E-state index is -0.247. The maximum atomic E-state index is 12.5. The highest BCUT2D eigenvalue weighted by Crippen LogP contribution is 2.21. The number of alkyl halides is 1. The molecule has 0 amide bonds. The zero-order chi connectivity index (χ0) is 10.7. The molecule has 0 aromatic heterocycles. The molecule has 2 aromatic rings. The third kappa shape index (κ3) is 2.17. The third-order valence-corrected chi connectivity index (χ3v) is 2.71. The van der Waals surface area contributed by atoms with Gasteiger partial charge < -0.3 is 0 Å². The second-order valence-corrected chi connectivity index (χ2v) is 4.10. The summed E-state index contributed by atoms with van der Waals surface area (Å²) in [6.07, 6.45) is 0.817. The van der Waals surface area contributed by atoms with Crippen LogP contribution in [0.4, 0.5) is 4.39 Å². The predicted octanol–water partition coefficient (Wildman–Crippen LogP) is 3.99. The normalized spacial score (nSPS) is 12.9. The van der Waals surface area contributed by atoms with Gasteiger partial charge in [-0.15, -0.1) is 0 Å². The molecular weight excluding hydrogens is 187 g/mol. The first-order chi connectivity index (χ1) is 7.31. The molecular formula is C14H15F. The van der Waals surface area contributed by atoms with Crippen LogP contribution in [0, 0.1) is 5.92 Å². The van der Waals surface area contributed by atoms with E-state index < -0.39 is 0 Å². The average molecular weight is 202 g/mol. The molecule has 0 N–H and O–H groups in total. The van der Waals surface area contributed by atoms with Crippen LogP contribution in [0.1, 0.15) is 12.5 Å². The van der Waals surface area contributed by atoms with Gasteiger partial charge in [-0.1, -0.05) is 49.4 Å². The van der Waals surface area contributed by atoms with Crippen LogP contribution in [0.5, 0.6) is 0 Å². The van der Waals surface area contributed by atoms with Crippen molar-refractivity contribution in [2.75, 3.05) is 6.67 Å². The molecule has 0 saturated heterocycles. The summed E-state index contributed by atoms with van der Waals surface area (Å²) in [7, 11) is 0. The van der Waals surface area contributed by atoms with Crippen molar-refractivity contribution in [2.45, 2.75) is 13.3 Å². The third-order valence-electron chi connectivity index (χ3n) is 2.71. The molecule has 0 spiro atoms. The standard InChI is InChI=1S/C14H15F/c1-11(10-15)9-13-7-4-6-12-5-2-3-8-14(12)13/h2-8,11H,9-10H2,1H3. The highest BCUT2D eigenvalue weighted by atomic mass is 19.1. The van der Waals surface area contributed by atoms with E-state index in [9.17, 15) is 4.39 Å². The molecule has 0 aliphatic rings. The molecule has 0 heterocycles. The summed E-state index contributed by atoms with van der Waals surface area (Å²) >= 11 is 0. The summed E-state index contributed by atoms with van der Waals surface area (Å²) in [6, 6.07) is 14.5. The number of hydrogen-bond acceptors (Lipinski definition) is 0. The summed E-state index contributed by atoms with van der Waals surface area (Å²) < 4.78 is 12.5. The van der Waals surface area contributed by atoms with Gasteiger partial charge >= 0.3 is 0 Å². The molecule has 0 radical (unpaired) electrons. The van der Waals surface area contributed by atoms with E-state index in [1.165, 1.54) is 16.3 Å². The second-order valence-electron chi connectivity index (χ2n) is 4.10. The number of halogens is 1. The van der Waals surface area contributed by atoms with Gasteiger partial charge in [0.05, 0.1) is 6.67 Å². The molecule has 1 unspecified atom stereocenters. The van der Waals surface area contributed by atoms with E-state index in [0.717, 1.165) is 6.42 Å². The van der Waals surface area contributed by atoms with Gasteiger partial charge in [0, 0.05) is 0 Å². The van der Waals surface area contributed by atoms with Crippen LogP contribution in [-0.2, 0) is 6.42 Å². The van der Waals surface area contributed by atoms with Gasteiger partial charge in [-0.2, -0.15) is 0 Å². The summed E-state index contributed by atoms with van der Waals surface area (Å²) in [5.74, 6) is 0.107. The molecule has 2 rings (SSSR count). The first kappa shape index (κ1) is 10.2. The second kappa shape index (κ2) is 4.43. The van der Waals surface area contributed by atoms with E-state index in [2.05, 4.69) is 24.3 Å². The van der Waals surface area contributed by atoms with Gasteiger partial charge in [0.25, 0.3) is 0 Å². The van der Waals surface area contributed by atoms with Crippen molar-refractivity contribution in [3.63, 3.8) is 0 Å². The van der Waals surface area contributed by atoms with Crippen molar-refractivity contribution in [1.82, 2.24) is 0 Å². The van der Waals surface area contributed by atoms with Crippen molar-refractivity contribution < 1.29 is 4.39 Å². The molecule has 78 valence electrons. The zero-order valence-corrected chi connectivity index (χ0v) is 8.91. The molecule has 1 atom stereocenters. The average Bonchev–Trinajstić information content (AvgIpc) is 2.29. The van der Waals surface area contributed by atoms with Gasteiger partial charge in [0.2, 0.25) is 0 Å². The molecule has 15 heavy (non-hydrogen) atoms. The van der Waals surface area contributed by atoms with Crippen LogP contribution in [0.3, 0.4) is 0 Å². The number of hydrogen-bond donors (Lipinski definition) is 0. The monoisotopic (exact) mass is 202 g/mol. The lowest BCUT2D eigenvalue weighted by atomic mass is 9.97. The Kier molecular flexibility index (Phi) is 3.00. The van der Waals surface area contributed by atoms with E-state index in [1.807, 2.05) is 25.1 Å². The van der Waals surface area contributed by atoms with E-state index in [4.69, 9.17) is 0 Å². The Morgan fingerprint density at radius 1 is 1.07 bits per heavy atom. The van der Waals surface area contributed by atoms with Crippen molar-refractivity contribution in [3.05, 3.63) is 48.0 Å². The molecule has 0 fully saturated rings. The Labute approximate surface area is 89.7 Å². The molecule has 2 aromatic carbocycles. The molecule has 0 nitrogen and oxygen atoms in total. The van der Waals surface area contributed by atoms with E-state index in [-0.39, 0.29) is 12.6 Å². The largest absolute Gasteiger partial charge is 0.251 e. The van der Waals surface area contributed by atoms with Gasteiger partial charge in [0.15, 0.2) is 0 Å². The number of fused-ring (bicyclic) bond motifs is 1. The van der Waals surface area contributed by atoms with Crippen molar-refractivity contribution in [2.24, 2.45) is 5.92 Å². The van der Waals surface area contributed by atoms with Crippen molar-refractivity contribution >= 4 is 10.8 Å². The summed E-state index contributed by atoms with van der Waals surface area (Å²) in [5.41, 5.74) is 1.25. The minimum Gasteiger partial charge on any atom is -0.251 e. The Balaban J connectivity index is 2.42. The molecule has 1 heteroatoms. The van der Waals surface area contributed by atoms with Gasteiger partial charge in [-0.05, 0) is 28.7 Å². The number of benzene rings is 2. The quantitative estimate of drug-likeness (QED) is 0.706. The first-order valence-electron chi connectivity index (χ1n) is 5.34. The number of rotatable bonds is 3. The van der Waals surface area contributed by atoms with Gasteiger partial charge in [0.1, 0.15) is 0 Å². The molecule has 0 saturated carbocycles. The van der Waals surface area contributed by atoms with E-state index in [0.29, 0.717) is 0 Å². The fourth-order valence-electron chi connectivity index (χ4n) is 1.90. The highest BCUT2D eigenvalue weighted by molar-refractivity contribution is 5.85. The summed E-state index contributed by atoms with van der Waals surface area (Å²) in [6.45, 7) is 1.70. The van der Waals surface area contributed by atoms with Crippen molar-refractivity contribution in [1.29, 1.82) is 0 Å². The maximum Gasteiger partial charge on any atom is 0.0923 e. The topological polar surface area (TPSA) is 0 Å². The zero-order valence-electron chi connectivity index (χ0n) is 8.91. The Morgan fingerprint density at radius 3 is 2.60 bits per heavy atom. The van der Waals surface area contributed by atoms with Gasteiger partial charge in [-0.3, -0.25) is 4.39 Å². The highest BCUT2D eigenvalue weighted by Gasteiger charge is 2.05. The molecule has 0 aliphatic carbocycles. The smallest absolute Gasteiger partial charge is 0.0923 e. The molecule has 0 bridgehead atoms. The lowest BCUT2D eigenvalue weighted by Crippen LogP contribution is -2.01. The van der Waals surface area contributed by atoms with E-state index in [1.54, 1.807) is 0 Å². The Bertz CT molecular complexity index is 443. The SMILES string of the molecule is CC(CF)Cc1cccc2ccccc12. The Hall–Kier alpha value is -1.37. The first-order valence-corrected chi connectivity index (χ1v) is 5.34. The molecule has 0 aliphatic heterocycles. The lowest BCUT2D eigenvalue weighted by Gasteiger charge is -2.09. The fraction of sp³-hybridized carbons (Fsp3) is 0.286. The fourth-order valence-corrected chi connectivity index (χ4v) is 1.90. The van der Waals surface area contributed by atoms with Crippen LogP contribution in [0.15, 0.2) is 42.5 Å². The van der Waals surface area contributed by atoms with Crippen molar-refractivity contribution in [3.8, 4) is 0 Å². The summed E-state index contributed by atoms with van der Waals surface area (Å²) in [5, 5.41) is 2.49. The van der Waals surface area contributed by atoms with E-state index >= 15 is 0 Å². The maximum absolute atomic E-state index is 12.5. The van der Waals surface area contributed by atoms with Crippen LogP contribution in [0.2, 0.25) is 0 Å².